The Morgan fingerprint density at radius 3 is 2.64 bits per heavy atom. The van der Waals surface area contributed by atoms with E-state index in [9.17, 15) is 0 Å². The van der Waals surface area contributed by atoms with Crippen molar-refractivity contribution < 1.29 is 5.11 Å². The number of aliphatic hydroxyl groups is 1. The van der Waals surface area contributed by atoms with Crippen LogP contribution < -0.4 is 0 Å². The summed E-state index contributed by atoms with van der Waals surface area (Å²) in [5.74, 6) is 0.914. The smallest absolute Gasteiger partial charge is 0.0994 e. The Morgan fingerprint density at radius 2 is 2.27 bits per heavy atom. The molecule has 0 heterocycles. The minimum absolute atomic E-state index is 0.150. The number of rotatable bonds is 3. The lowest BCUT2D eigenvalue weighted by atomic mass is 10.5. The summed E-state index contributed by atoms with van der Waals surface area (Å²) in [6.45, 7) is 4.60. The lowest BCUT2D eigenvalue weighted by molar-refractivity contribution is 0.270. The summed E-state index contributed by atoms with van der Waals surface area (Å²) in [4.78, 5) is 5.91. The van der Waals surface area contributed by atoms with Gasteiger partial charge in [-0.25, -0.2) is 0 Å². The van der Waals surface area contributed by atoms with Gasteiger partial charge in [-0.2, -0.15) is 0 Å². The monoisotopic (exact) mass is 156 g/mol. The molecule has 0 unspecified atom stereocenters. The van der Waals surface area contributed by atoms with Gasteiger partial charge in [0.1, 0.15) is 0 Å². The largest absolute Gasteiger partial charge is 0.395 e. The molecular weight excluding hydrogens is 140 g/mol. The van der Waals surface area contributed by atoms with Crippen LogP contribution in [0.3, 0.4) is 0 Å². The highest BCUT2D eigenvalue weighted by molar-refractivity contribution is 5.80. The van der Waals surface area contributed by atoms with Gasteiger partial charge in [-0.1, -0.05) is 6.08 Å². The summed E-state index contributed by atoms with van der Waals surface area (Å²) < 4.78 is 0. The normalized spacial score (nSPS) is 12.5. The first kappa shape index (κ1) is 10.2. The topological polar surface area (TPSA) is 35.8 Å². The fraction of sp³-hybridized carbons (Fsp3) is 0.625. The standard InChI is InChI=1S/C8H16N2O/c1-4-5-10(6-7-11)8(2)9-3/h4-5,11H,6-7H2,1-3H3. The molecule has 0 aromatic heterocycles. The predicted octanol–water partition coefficient (Wildman–Crippen LogP) is 0.863. The van der Waals surface area contributed by atoms with E-state index in [4.69, 9.17) is 5.11 Å². The number of hydrogen-bond acceptors (Lipinski definition) is 2. The van der Waals surface area contributed by atoms with E-state index < -0.39 is 0 Å². The minimum Gasteiger partial charge on any atom is -0.395 e. The van der Waals surface area contributed by atoms with Crippen LogP contribution in [0.2, 0.25) is 0 Å². The number of nitrogens with zero attached hydrogens (tertiary/aromatic N) is 2. The van der Waals surface area contributed by atoms with E-state index in [1.165, 1.54) is 0 Å². The van der Waals surface area contributed by atoms with Crippen LogP contribution in [0, 0.1) is 0 Å². The van der Waals surface area contributed by atoms with Crippen LogP contribution in [0.25, 0.3) is 0 Å². The van der Waals surface area contributed by atoms with Crippen LogP contribution in [0.15, 0.2) is 17.3 Å². The van der Waals surface area contributed by atoms with Crippen LogP contribution in [0.5, 0.6) is 0 Å². The quantitative estimate of drug-likeness (QED) is 0.486. The highest BCUT2D eigenvalue weighted by atomic mass is 16.3. The van der Waals surface area contributed by atoms with Gasteiger partial charge >= 0.3 is 0 Å². The van der Waals surface area contributed by atoms with Gasteiger partial charge in [0.25, 0.3) is 0 Å². The lowest BCUT2D eigenvalue weighted by Crippen LogP contribution is -2.26. The number of aliphatic hydroxyl groups excluding tert-OH is 1. The molecule has 11 heavy (non-hydrogen) atoms. The molecule has 0 aliphatic carbocycles. The first-order valence-electron chi connectivity index (χ1n) is 3.70. The van der Waals surface area contributed by atoms with Gasteiger partial charge in [-0.15, -0.1) is 0 Å². The van der Waals surface area contributed by atoms with E-state index >= 15 is 0 Å². The maximum atomic E-state index is 8.68. The van der Waals surface area contributed by atoms with Gasteiger partial charge in [0.15, 0.2) is 0 Å². The number of amidine groups is 1. The maximum Gasteiger partial charge on any atom is 0.0994 e. The van der Waals surface area contributed by atoms with Crippen molar-refractivity contribution in [3.05, 3.63) is 12.3 Å². The molecular formula is C8H16N2O. The van der Waals surface area contributed by atoms with E-state index in [0.29, 0.717) is 6.54 Å². The molecule has 0 bridgehead atoms. The van der Waals surface area contributed by atoms with Crippen LogP contribution in [0.1, 0.15) is 13.8 Å². The summed E-state index contributed by atoms with van der Waals surface area (Å²) in [6, 6.07) is 0. The second-order valence-corrected chi connectivity index (χ2v) is 2.17. The predicted molar refractivity (Wildman–Crippen MR) is 47.6 cm³/mol. The lowest BCUT2D eigenvalue weighted by Gasteiger charge is -2.17. The molecule has 1 N–H and O–H groups in total. The van der Waals surface area contributed by atoms with Crippen molar-refractivity contribution in [3.8, 4) is 0 Å². The number of aliphatic imine (C=N–C) groups is 1. The fourth-order valence-electron chi connectivity index (χ4n) is 0.760. The summed E-state index contributed by atoms with van der Waals surface area (Å²) >= 11 is 0. The van der Waals surface area contributed by atoms with Crippen LogP contribution in [-0.2, 0) is 0 Å². The zero-order chi connectivity index (χ0) is 8.69. The van der Waals surface area contributed by atoms with E-state index in [2.05, 4.69) is 4.99 Å². The first-order chi connectivity index (χ1) is 5.26. The van der Waals surface area contributed by atoms with Crippen LogP contribution in [-0.4, -0.2) is 36.0 Å². The SMILES string of the molecule is CC=CN(CCO)C(C)=NC. The van der Waals surface area contributed by atoms with E-state index in [-0.39, 0.29) is 6.61 Å². The minimum atomic E-state index is 0.150. The summed E-state index contributed by atoms with van der Waals surface area (Å²) in [7, 11) is 1.74. The molecule has 0 atom stereocenters. The zero-order valence-electron chi connectivity index (χ0n) is 7.41. The highest BCUT2D eigenvalue weighted by Gasteiger charge is 1.98. The van der Waals surface area contributed by atoms with Gasteiger partial charge in [0.2, 0.25) is 0 Å². The van der Waals surface area contributed by atoms with Crippen LogP contribution in [0.4, 0.5) is 0 Å². The second kappa shape index (κ2) is 5.92. The van der Waals surface area contributed by atoms with E-state index in [0.717, 1.165) is 5.84 Å². The molecule has 0 saturated carbocycles. The third-order valence-corrected chi connectivity index (χ3v) is 1.41. The van der Waals surface area contributed by atoms with Gasteiger partial charge in [0, 0.05) is 19.8 Å². The van der Waals surface area contributed by atoms with Crippen molar-refractivity contribution in [2.75, 3.05) is 20.2 Å². The Labute approximate surface area is 68.1 Å². The van der Waals surface area contributed by atoms with Crippen molar-refractivity contribution in [1.82, 2.24) is 4.90 Å². The highest BCUT2D eigenvalue weighted by Crippen LogP contribution is 1.92. The van der Waals surface area contributed by atoms with Crippen molar-refractivity contribution in [2.45, 2.75) is 13.8 Å². The molecule has 0 aliphatic rings. The second-order valence-electron chi connectivity index (χ2n) is 2.17. The third-order valence-electron chi connectivity index (χ3n) is 1.41. The molecule has 0 aromatic rings. The Morgan fingerprint density at radius 1 is 1.64 bits per heavy atom. The Hall–Kier alpha value is -0.830. The molecule has 0 aromatic carbocycles. The fourth-order valence-corrected chi connectivity index (χ4v) is 0.760. The Kier molecular flexibility index (Phi) is 5.47. The average Bonchev–Trinajstić information content (AvgIpc) is 2.03. The molecule has 64 valence electrons. The summed E-state index contributed by atoms with van der Waals surface area (Å²) in [6.07, 6.45) is 3.82. The van der Waals surface area contributed by atoms with Gasteiger partial charge in [-0.3, -0.25) is 4.99 Å². The molecule has 0 amide bonds. The average molecular weight is 156 g/mol. The van der Waals surface area contributed by atoms with E-state index in [1.807, 2.05) is 31.0 Å². The van der Waals surface area contributed by atoms with Crippen molar-refractivity contribution in [3.63, 3.8) is 0 Å². The Bertz CT molecular complexity index is 152. The molecule has 3 heteroatoms. The third kappa shape index (κ3) is 3.78. The number of hydrogen-bond donors (Lipinski definition) is 1. The van der Waals surface area contributed by atoms with Crippen molar-refractivity contribution in [2.24, 2.45) is 4.99 Å². The number of allylic oxidation sites excluding steroid dienone is 1. The van der Waals surface area contributed by atoms with Crippen molar-refractivity contribution in [1.29, 1.82) is 0 Å². The first-order valence-corrected chi connectivity index (χ1v) is 3.70. The zero-order valence-corrected chi connectivity index (χ0v) is 7.41. The molecule has 0 rings (SSSR count). The summed E-state index contributed by atoms with van der Waals surface area (Å²) in [5, 5.41) is 8.68. The molecule has 0 radical (unpaired) electrons. The molecule has 0 spiro atoms. The maximum absolute atomic E-state index is 8.68. The molecule has 3 nitrogen and oxygen atoms in total. The Balaban J connectivity index is 4.09. The molecule has 0 saturated heterocycles. The van der Waals surface area contributed by atoms with Gasteiger partial charge in [0.05, 0.1) is 12.4 Å². The van der Waals surface area contributed by atoms with Crippen molar-refractivity contribution >= 4 is 5.84 Å². The summed E-state index contributed by atoms with van der Waals surface area (Å²) in [5.41, 5.74) is 0. The van der Waals surface area contributed by atoms with E-state index in [1.54, 1.807) is 7.05 Å². The molecule has 0 aliphatic heterocycles. The molecule has 0 fully saturated rings. The van der Waals surface area contributed by atoms with Gasteiger partial charge < -0.3 is 10.0 Å². The van der Waals surface area contributed by atoms with Crippen LogP contribution >= 0.6 is 0 Å². The van der Waals surface area contributed by atoms with Gasteiger partial charge in [-0.05, 0) is 13.8 Å².